The Labute approximate surface area is 150 Å². The van der Waals surface area contributed by atoms with Gasteiger partial charge in [-0.1, -0.05) is 12.1 Å². The summed E-state index contributed by atoms with van der Waals surface area (Å²) in [5.41, 5.74) is 2.39. The molecule has 1 atom stereocenters. The van der Waals surface area contributed by atoms with Crippen LogP contribution < -0.4 is 10.2 Å². The van der Waals surface area contributed by atoms with Crippen LogP contribution in [0.15, 0.2) is 24.3 Å². The second-order valence-corrected chi connectivity index (χ2v) is 7.40. The molecule has 0 bridgehead atoms. The molecule has 136 valence electrons. The van der Waals surface area contributed by atoms with Gasteiger partial charge in [-0.05, 0) is 49.8 Å². The number of hydrogen-bond acceptors (Lipinski definition) is 3. The highest BCUT2D eigenvalue weighted by molar-refractivity contribution is 5.81. The molecule has 1 aromatic carbocycles. The van der Waals surface area contributed by atoms with Crippen molar-refractivity contribution in [2.75, 3.05) is 32.1 Å². The average molecular weight is 343 g/mol. The zero-order chi connectivity index (χ0) is 17.8. The summed E-state index contributed by atoms with van der Waals surface area (Å²) < 4.78 is 0. The van der Waals surface area contributed by atoms with Crippen LogP contribution in [0, 0.1) is 5.92 Å². The van der Waals surface area contributed by atoms with E-state index in [0.717, 1.165) is 38.6 Å². The van der Waals surface area contributed by atoms with Gasteiger partial charge in [0.2, 0.25) is 11.8 Å². The Balaban J connectivity index is 1.52. The first-order chi connectivity index (χ1) is 12.1. The molecule has 1 aliphatic heterocycles. The zero-order valence-electron chi connectivity index (χ0n) is 15.3. The minimum Gasteiger partial charge on any atom is -0.378 e. The number of carbonyl (C=O) groups excluding carboxylic acids is 2. The Morgan fingerprint density at radius 1 is 1.24 bits per heavy atom. The van der Waals surface area contributed by atoms with Crippen LogP contribution in [0.5, 0.6) is 0 Å². The molecule has 1 N–H and O–H groups in total. The first kappa shape index (κ1) is 17.8. The Bertz CT molecular complexity index is 625. The third kappa shape index (κ3) is 4.53. The molecule has 2 fully saturated rings. The monoisotopic (exact) mass is 343 g/mol. The van der Waals surface area contributed by atoms with Gasteiger partial charge in [0.25, 0.3) is 0 Å². The topological polar surface area (TPSA) is 52.6 Å². The van der Waals surface area contributed by atoms with Crippen LogP contribution in [0.25, 0.3) is 0 Å². The molecule has 5 heteroatoms. The molecular weight excluding hydrogens is 314 g/mol. The van der Waals surface area contributed by atoms with Crippen molar-refractivity contribution in [1.29, 1.82) is 0 Å². The summed E-state index contributed by atoms with van der Waals surface area (Å²) in [5, 5.41) is 2.94. The van der Waals surface area contributed by atoms with Crippen molar-refractivity contribution >= 4 is 17.5 Å². The van der Waals surface area contributed by atoms with Crippen LogP contribution in [0.2, 0.25) is 0 Å². The molecule has 1 aromatic rings. The highest BCUT2D eigenvalue weighted by atomic mass is 16.2. The van der Waals surface area contributed by atoms with Crippen molar-refractivity contribution in [3.8, 4) is 0 Å². The lowest BCUT2D eigenvalue weighted by Gasteiger charge is -2.26. The van der Waals surface area contributed by atoms with Gasteiger partial charge in [0.1, 0.15) is 0 Å². The number of nitrogens with one attached hydrogen (secondary N) is 1. The molecule has 0 radical (unpaired) electrons. The lowest BCUT2D eigenvalue weighted by atomic mass is 10.0. The fourth-order valence-corrected chi connectivity index (χ4v) is 3.51. The van der Waals surface area contributed by atoms with Gasteiger partial charge in [-0.2, -0.15) is 0 Å². The maximum absolute atomic E-state index is 12.6. The van der Waals surface area contributed by atoms with Crippen molar-refractivity contribution in [2.24, 2.45) is 5.92 Å². The van der Waals surface area contributed by atoms with Gasteiger partial charge in [-0.15, -0.1) is 0 Å². The zero-order valence-corrected chi connectivity index (χ0v) is 15.3. The van der Waals surface area contributed by atoms with E-state index in [1.165, 1.54) is 11.3 Å². The molecule has 0 aromatic heterocycles. The highest BCUT2D eigenvalue weighted by Crippen LogP contribution is 2.34. The van der Waals surface area contributed by atoms with Crippen molar-refractivity contribution in [2.45, 2.75) is 44.6 Å². The fraction of sp³-hybridized carbons (Fsp3) is 0.600. The standard InChI is InChI=1S/C20H29N3O2/c1-22(2)17-7-3-6-16(14-17)18-8-5-13-23(18)19(24)9-4-12-21-20(25)15-10-11-15/h3,6-7,14-15,18H,4-5,8-13H2,1-2H3,(H,21,25)/t18-/m1/s1. The third-order valence-corrected chi connectivity index (χ3v) is 5.16. The highest BCUT2D eigenvalue weighted by Gasteiger charge is 2.30. The number of amides is 2. The summed E-state index contributed by atoms with van der Waals surface area (Å²) in [6.45, 7) is 1.44. The summed E-state index contributed by atoms with van der Waals surface area (Å²) in [4.78, 5) is 28.4. The van der Waals surface area contributed by atoms with Crippen LogP contribution in [0.3, 0.4) is 0 Å². The van der Waals surface area contributed by atoms with E-state index >= 15 is 0 Å². The van der Waals surface area contributed by atoms with Crippen molar-refractivity contribution < 1.29 is 9.59 Å². The van der Waals surface area contributed by atoms with E-state index in [1.54, 1.807) is 0 Å². The van der Waals surface area contributed by atoms with Crippen LogP contribution in [0.4, 0.5) is 5.69 Å². The van der Waals surface area contributed by atoms with Gasteiger partial charge in [0.15, 0.2) is 0 Å². The number of hydrogen-bond donors (Lipinski definition) is 1. The van der Waals surface area contributed by atoms with Gasteiger partial charge in [-0.25, -0.2) is 0 Å². The van der Waals surface area contributed by atoms with E-state index < -0.39 is 0 Å². The summed E-state index contributed by atoms with van der Waals surface area (Å²) >= 11 is 0. The van der Waals surface area contributed by atoms with Crippen LogP contribution in [0.1, 0.15) is 50.1 Å². The second-order valence-electron chi connectivity index (χ2n) is 7.40. The number of likely N-dealkylation sites (tertiary alicyclic amines) is 1. The van der Waals surface area contributed by atoms with Crippen molar-refractivity contribution in [3.63, 3.8) is 0 Å². The van der Waals surface area contributed by atoms with Gasteiger partial charge < -0.3 is 15.1 Å². The summed E-state index contributed by atoms with van der Waals surface area (Å²) in [6, 6.07) is 8.66. The van der Waals surface area contributed by atoms with Gasteiger partial charge >= 0.3 is 0 Å². The van der Waals surface area contributed by atoms with E-state index in [2.05, 4.69) is 34.5 Å². The molecule has 1 saturated heterocycles. The van der Waals surface area contributed by atoms with Gasteiger partial charge in [0, 0.05) is 45.2 Å². The first-order valence-electron chi connectivity index (χ1n) is 9.40. The molecule has 0 spiro atoms. The SMILES string of the molecule is CN(C)c1cccc([C@H]2CCCN2C(=O)CCCNC(=O)C2CC2)c1. The quantitative estimate of drug-likeness (QED) is 0.775. The number of carbonyl (C=O) groups is 2. The molecule has 2 aliphatic rings. The molecule has 1 aliphatic carbocycles. The van der Waals surface area contributed by atoms with Crippen LogP contribution >= 0.6 is 0 Å². The van der Waals surface area contributed by atoms with Gasteiger partial charge in [-0.3, -0.25) is 9.59 Å². The van der Waals surface area contributed by atoms with E-state index in [-0.39, 0.29) is 23.8 Å². The molecule has 2 amide bonds. The average Bonchev–Trinajstić information content (AvgIpc) is 3.35. The lowest BCUT2D eigenvalue weighted by molar-refractivity contribution is -0.132. The molecule has 0 unspecified atom stereocenters. The Hall–Kier alpha value is -2.04. The molecule has 3 rings (SSSR count). The van der Waals surface area contributed by atoms with E-state index in [0.29, 0.717) is 13.0 Å². The Kier molecular flexibility index (Phi) is 5.61. The van der Waals surface area contributed by atoms with E-state index in [9.17, 15) is 9.59 Å². The van der Waals surface area contributed by atoms with Crippen LogP contribution in [-0.2, 0) is 9.59 Å². The Morgan fingerprint density at radius 2 is 2.04 bits per heavy atom. The minimum absolute atomic E-state index is 0.159. The summed E-state index contributed by atoms with van der Waals surface area (Å²) in [6.07, 6.45) is 5.35. The molecular formula is C20H29N3O2. The Morgan fingerprint density at radius 3 is 2.76 bits per heavy atom. The van der Waals surface area contributed by atoms with Gasteiger partial charge in [0.05, 0.1) is 6.04 Å². The maximum atomic E-state index is 12.6. The fourth-order valence-electron chi connectivity index (χ4n) is 3.51. The predicted octanol–water partition coefficient (Wildman–Crippen LogP) is 2.72. The van der Waals surface area contributed by atoms with Crippen molar-refractivity contribution in [3.05, 3.63) is 29.8 Å². The molecule has 25 heavy (non-hydrogen) atoms. The first-order valence-corrected chi connectivity index (χ1v) is 9.40. The van der Waals surface area contributed by atoms with E-state index in [4.69, 9.17) is 0 Å². The maximum Gasteiger partial charge on any atom is 0.223 e. The molecule has 1 heterocycles. The predicted molar refractivity (Wildman–Crippen MR) is 99.4 cm³/mol. The smallest absolute Gasteiger partial charge is 0.223 e. The minimum atomic E-state index is 0.159. The van der Waals surface area contributed by atoms with Crippen molar-refractivity contribution in [1.82, 2.24) is 10.2 Å². The summed E-state index contributed by atoms with van der Waals surface area (Å²) in [7, 11) is 4.07. The number of anilines is 1. The number of nitrogens with zero attached hydrogens (tertiary/aromatic N) is 2. The third-order valence-electron chi connectivity index (χ3n) is 5.16. The summed E-state index contributed by atoms with van der Waals surface area (Å²) in [5.74, 6) is 0.605. The number of rotatable bonds is 7. The normalized spacial score (nSPS) is 19.8. The molecule has 5 nitrogen and oxygen atoms in total. The van der Waals surface area contributed by atoms with Crippen LogP contribution in [-0.4, -0.2) is 43.9 Å². The second kappa shape index (κ2) is 7.89. The molecule has 1 saturated carbocycles. The van der Waals surface area contributed by atoms with E-state index in [1.807, 2.05) is 19.0 Å². The lowest BCUT2D eigenvalue weighted by Crippen LogP contribution is -2.32. The number of benzene rings is 1. The largest absolute Gasteiger partial charge is 0.378 e.